The average molecular weight is 209 g/mol. The second kappa shape index (κ2) is 4.10. The number of ether oxygens (including phenoxy) is 1. The van der Waals surface area contributed by atoms with Crippen LogP contribution in [0, 0.1) is 5.92 Å². The molecule has 0 saturated carbocycles. The van der Waals surface area contributed by atoms with Gasteiger partial charge in [-0.05, 0) is 13.3 Å². The van der Waals surface area contributed by atoms with Crippen LogP contribution in [0.1, 0.15) is 19.0 Å². The van der Waals surface area contributed by atoms with E-state index in [-0.39, 0.29) is 17.8 Å². The van der Waals surface area contributed by atoms with E-state index in [4.69, 9.17) is 4.74 Å². The van der Waals surface area contributed by atoms with Gasteiger partial charge in [0.25, 0.3) is 0 Å². The Morgan fingerprint density at radius 2 is 2.53 bits per heavy atom. The maximum Gasteiger partial charge on any atom is 0.144 e. The first kappa shape index (κ1) is 10.3. The molecule has 0 aliphatic carbocycles. The summed E-state index contributed by atoms with van der Waals surface area (Å²) in [5.41, 5.74) is 0.738. The normalized spacial score (nSPS) is 25.7. The molecule has 5 heteroatoms. The van der Waals surface area contributed by atoms with Crippen LogP contribution in [0.15, 0.2) is 6.20 Å². The van der Waals surface area contributed by atoms with Crippen molar-refractivity contribution in [1.82, 2.24) is 15.0 Å². The lowest BCUT2D eigenvalue weighted by atomic mass is 9.98. The van der Waals surface area contributed by atoms with Gasteiger partial charge in [-0.15, -0.1) is 5.10 Å². The Labute approximate surface area is 88.4 Å². The molecule has 0 spiro atoms. The minimum absolute atomic E-state index is 0.0435. The largest absolute Gasteiger partial charge is 0.378 e. The van der Waals surface area contributed by atoms with Crippen molar-refractivity contribution >= 4 is 5.78 Å². The highest BCUT2D eigenvalue weighted by atomic mass is 16.5. The van der Waals surface area contributed by atoms with Gasteiger partial charge in [0, 0.05) is 19.2 Å². The maximum absolute atomic E-state index is 11.8. The van der Waals surface area contributed by atoms with Crippen LogP contribution < -0.4 is 0 Å². The summed E-state index contributed by atoms with van der Waals surface area (Å²) in [6.45, 7) is 2.55. The molecule has 1 aromatic rings. The van der Waals surface area contributed by atoms with Crippen LogP contribution in [-0.2, 0) is 23.0 Å². The molecule has 2 atom stereocenters. The number of ketones is 1. The molecule has 0 aromatic carbocycles. The van der Waals surface area contributed by atoms with Gasteiger partial charge in [0.15, 0.2) is 0 Å². The van der Waals surface area contributed by atoms with Crippen LogP contribution in [0.4, 0.5) is 0 Å². The quantitative estimate of drug-likeness (QED) is 0.721. The predicted molar refractivity (Wildman–Crippen MR) is 53.2 cm³/mol. The molecule has 2 unspecified atom stereocenters. The van der Waals surface area contributed by atoms with E-state index in [9.17, 15) is 4.79 Å². The van der Waals surface area contributed by atoms with Crippen molar-refractivity contribution in [2.75, 3.05) is 6.61 Å². The predicted octanol–water partition coefficient (Wildman–Crippen LogP) is 0.352. The molecular weight excluding hydrogens is 194 g/mol. The summed E-state index contributed by atoms with van der Waals surface area (Å²) in [4.78, 5) is 11.8. The Morgan fingerprint density at radius 1 is 1.73 bits per heavy atom. The zero-order valence-corrected chi connectivity index (χ0v) is 9.01. The molecule has 0 N–H and O–H groups in total. The fourth-order valence-electron chi connectivity index (χ4n) is 1.84. The van der Waals surface area contributed by atoms with Crippen molar-refractivity contribution in [3.8, 4) is 0 Å². The number of nitrogens with zero attached hydrogens (tertiary/aromatic N) is 3. The smallest absolute Gasteiger partial charge is 0.144 e. The number of carbonyl (C=O) groups is 1. The lowest BCUT2D eigenvalue weighted by molar-refractivity contribution is -0.122. The Kier molecular flexibility index (Phi) is 2.81. The van der Waals surface area contributed by atoms with Crippen LogP contribution in [0.5, 0.6) is 0 Å². The zero-order chi connectivity index (χ0) is 10.8. The van der Waals surface area contributed by atoms with Gasteiger partial charge in [-0.1, -0.05) is 5.21 Å². The van der Waals surface area contributed by atoms with E-state index in [2.05, 4.69) is 10.3 Å². The molecule has 0 amide bonds. The van der Waals surface area contributed by atoms with Gasteiger partial charge >= 0.3 is 0 Å². The molecule has 0 bridgehead atoms. The third kappa shape index (κ3) is 2.41. The van der Waals surface area contributed by atoms with Crippen molar-refractivity contribution in [3.63, 3.8) is 0 Å². The number of Topliss-reactive ketones (excluding diaryl/α,β-unsaturated/α-hetero) is 1. The summed E-state index contributed by atoms with van der Waals surface area (Å²) in [7, 11) is 1.79. The molecule has 82 valence electrons. The molecule has 2 rings (SSSR count). The van der Waals surface area contributed by atoms with Crippen molar-refractivity contribution < 1.29 is 9.53 Å². The Bertz CT molecular complexity index is 361. The lowest BCUT2D eigenvalue weighted by Gasteiger charge is -2.03. The summed E-state index contributed by atoms with van der Waals surface area (Å²) < 4.78 is 6.97. The second-order valence-corrected chi connectivity index (χ2v) is 4.10. The maximum atomic E-state index is 11.8. The molecule has 1 saturated heterocycles. The topological polar surface area (TPSA) is 57.0 Å². The van der Waals surface area contributed by atoms with Crippen molar-refractivity contribution in [2.24, 2.45) is 13.0 Å². The SMILES string of the molecule is CC1CC(C(=O)Cc2cn(C)nn2)CO1. The van der Waals surface area contributed by atoms with Gasteiger partial charge < -0.3 is 4.74 Å². The third-order valence-electron chi connectivity index (χ3n) is 2.66. The molecule has 1 aliphatic heterocycles. The fraction of sp³-hybridized carbons (Fsp3) is 0.700. The molecule has 2 heterocycles. The Morgan fingerprint density at radius 3 is 3.07 bits per heavy atom. The first-order valence-corrected chi connectivity index (χ1v) is 5.14. The van der Waals surface area contributed by atoms with Crippen molar-refractivity contribution in [1.29, 1.82) is 0 Å². The summed E-state index contributed by atoms with van der Waals surface area (Å²) >= 11 is 0. The van der Waals surface area contributed by atoms with Crippen molar-refractivity contribution in [2.45, 2.75) is 25.9 Å². The molecule has 0 radical (unpaired) electrons. The number of aryl methyl sites for hydroxylation is 1. The van der Waals surface area contributed by atoms with Gasteiger partial charge in [0.05, 0.1) is 24.8 Å². The minimum atomic E-state index is 0.0435. The van der Waals surface area contributed by atoms with Crippen LogP contribution in [0.2, 0.25) is 0 Å². The highest BCUT2D eigenvalue weighted by Crippen LogP contribution is 2.20. The van der Waals surface area contributed by atoms with E-state index in [1.165, 1.54) is 0 Å². The summed E-state index contributed by atoms with van der Waals surface area (Å²) in [5.74, 6) is 0.252. The number of carbonyl (C=O) groups excluding carboxylic acids is 1. The van der Waals surface area contributed by atoms with Gasteiger partial charge in [-0.2, -0.15) is 0 Å². The van der Waals surface area contributed by atoms with Gasteiger partial charge in [-0.25, -0.2) is 0 Å². The first-order chi connectivity index (χ1) is 7.15. The molecule has 1 aromatic heterocycles. The van der Waals surface area contributed by atoms with E-state index in [0.717, 1.165) is 12.1 Å². The Hall–Kier alpha value is -1.23. The van der Waals surface area contributed by atoms with Crippen LogP contribution in [-0.4, -0.2) is 33.5 Å². The fourth-order valence-corrected chi connectivity index (χ4v) is 1.84. The minimum Gasteiger partial charge on any atom is -0.378 e. The number of aromatic nitrogens is 3. The van der Waals surface area contributed by atoms with E-state index in [0.29, 0.717) is 13.0 Å². The summed E-state index contributed by atoms with van der Waals surface area (Å²) in [5, 5.41) is 7.69. The van der Waals surface area contributed by atoms with Gasteiger partial charge in [0.1, 0.15) is 5.78 Å². The van der Waals surface area contributed by atoms with E-state index in [1.54, 1.807) is 17.9 Å². The summed E-state index contributed by atoms with van der Waals surface area (Å²) in [6.07, 6.45) is 3.19. The highest BCUT2D eigenvalue weighted by molar-refractivity contribution is 5.83. The number of rotatable bonds is 3. The number of hydrogen-bond acceptors (Lipinski definition) is 4. The van der Waals surface area contributed by atoms with Gasteiger partial charge in [-0.3, -0.25) is 9.48 Å². The van der Waals surface area contributed by atoms with Gasteiger partial charge in [0.2, 0.25) is 0 Å². The van der Waals surface area contributed by atoms with Crippen LogP contribution in [0.25, 0.3) is 0 Å². The molecule has 5 nitrogen and oxygen atoms in total. The average Bonchev–Trinajstić information content (AvgIpc) is 2.75. The molecular formula is C10H15N3O2. The van der Waals surface area contributed by atoms with E-state index >= 15 is 0 Å². The monoisotopic (exact) mass is 209 g/mol. The van der Waals surface area contributed by atoms with E-state index in [1.807, 2.05) is 6.92 Å². The third-order valence-corrected chi connectivity index (χ3v) is 2.66. The molecule has 15 heavy (non-hydrogen) atoms. The Balaban J connectivity index is 1.92. The molecule has 1 aliphatic rings. The highest BCUT2D eigenvalue weighted by Gasteiger charge is 2.28. The van der Waals surface area contributed by atoms with E-state index < -0.39 is 0 Å². The second-order valence-electron chi connectivity index (χ2n) is 4.10. The zero-order valence-electron chi connectivity index (χ0n) is 9.01. The van der Waals surface area contributed by atoms with Crippen LogP contribution in [0.3, 0.4) is 0 Å². The lowest BCUT2D eigenvalue weighted by Crippen LogP contribution is -2.17. The first-order valence-electron chi connectivity index (χ1n) is 5.14. The molecule has 1 fully saturated rings. The van der Waals surface area contributed by atoms with Crippen molar-refractivity contribution in [3.05, 3.63) is 11.9 Å². The van der Waals surface area contributed by atoms with Crippen LogP contribution >= 0.6 is 0 Å². The standard InChI is InChI=1S/C10H15N3O2/c1-7-3-8(6-15-7)10(14)4-9-5-13(2)12-11-9/h5,7-8H,3-4,6H2,1-2H3. The number of hydrogen-bond donors (Lipinski definition) is 0. The summed E-state index contributed by atoms with van der Waals surface area (Å²) in [6, 6.07) is 0.